The highest BCUT2D eigenvalue weighted by atomic mass is 32.2. The van der Waals surface area contributed by atoms with Gasteiger partial charge in [-0.15, -0.1) is 0 Å². The van der Waals surface area contributed by atoms with E-state index in [0.717, 1.165) is 16.1 Å². The molecule has 0 aromatic heterocycles. The average Bonchev–Trinajstić information content (AvgIpc) is 2.44. The molecule has 0 bridgehead atoms. The highest BCUT2D eigenvalue weighted by Gasteiger charge is 2.31. The fourth-order valence-corrected chi connectivity index (χ4v) is 3.04. The number of hydrogen-bond acceptors (Lipinski definition) is 5. The van der Waals surface area contributed by atoms with E-state index < -0.39 is 27.8 Å². The van der Waals surface area contributed by atoms with Crippen LogP contribution < -0.4 is 0 Å². The molecule has 1 atom stereocenters. The lowest BCUT2D eigenvalue weighted by molar-refractivity contribution is 0.0369. The van der Waals surface area contributed by atoms with Crippen LogP contribution >= 0.6 is 0 Å². The van der Waals surface area contributed by atoms with E-state index in [9.17, 15) is 13.2 Å². The van der Waals surface area contributed by atoms with Crippen LogP contribution in [0.5, 0.6) is 0 Å². The van der Waals surface area contributed by atoms with Crippen molar-refractivity contribution in [3.63, 3.8) is 0 Å². The first-order valence-electron chi connectivity index (χ1n) is 8.01. The summed E-state index contributed by atoms with van der Waals surface area (Å²) in [7, 11) is -3.75. The second kappa shape index (κ2) is 9.01. The normalized spacial score (nSPS) is 13.6. The fraction of sp³-hybridized carbons (Fsp3) is 0.500. The summed E-state index contributed by atoms with van der Waals surface area (Å²) in [5.41, 5.74) is 0.276. The van der Waals surface area contributed by atoms with Crippen molar-refractivity contribution in [3.05, 3.63) is 48.0 Å². The number of ether oxygens (including phenoxy) is 2. The van der Waals surface area contributed by atoms with Crippen molar-refractivity contribution in [2.45, 2.75) is 45.9 Å². The predicted molar refractivity (Wildman–Crippen MR) is 97.6 cm³/mol. The third-order valence-electron chi connectivity index (χ3n) is 3.04. The average molecular weight is 369 g/mol. The van der Waals surface area contributed by atoms with Gasteiger partial charge in [-0.05, 0) is 33.3 Å². The summed E-state index contributed by atoms with van der Waals surface area (Å²) >= 11 is 0. The maximum absolute atomic E-state index is 12.2. The first-order valence-corrected chi connectivity index (χ1v) is 9.86. The number of rotatable bonds is 7. The van der Waals surface area contributed by atoms with Crippen molar-refractivity contribution in [2.24, 2.45) is 0 Å². The Labute approximate surface area is 150 Å². The standard InChI is InChI=1S/C18H27NO5S/c1-15(10-9-13-23-14-16-11-7-6-8-12-16)19(25(5,21)22)17(20)24-18(2,3)4/h6-12,15H,13-14H2,1-5H3/t15-/m1/s1. The van der Waals surface area contributed by atoms with Crippen molar-refractivity contribution in [1.29, 1.82) is 0 Å². The summed E-state index contributed by atoms with van der Waals surface area (Å²) < 4.78 is 35.3. The Hall–Kier alpha value is -1.86. The molecule has 0 aliphatic carbocycles. The Morgan fingerprint density at radius 2 is 1.84 bits per heavy atom. The number of sulfonamides is 1. The molecule has 0 radical (unpaired) electrons. The molecule has 0 heterocycles. The topological polar surface area (TPSA) is 72.9 Å². The second-order valence-corrected chi connectivity index (χ2v) is 8.57. The van der Waals surface area contributed by atoms with Gasteiger partial charge in [-0.25, -0.2) is 13.2 Å². The predicted octanol–water partition coefficient (Wildman–Crippen LogP) is 3.34. The fourth-order valence-electron chi connectivity index (χ4n) is 2.06. The Balaban J connectivity index is 2.63. The highest BCUT2D eigenvalue weighted by Crippen LogP contribution is 2.15. The SMILES string of the molecule is C[C@H](C=CCOCc1ccccc1)N(C(=O)OC(C)(C)C)S(C)(=O)=O. The molecule has 25 heavy (non-hydrogen) atoms. The van der Waals surface area contributed by atoms with Gasteiger partial charge in [0.15, 0.2) is 0 Å². The lowest BCUT2D eigenvalue weighted by Crippen LogP contribution is -2.44. The molecular formula is C18H27NO5S. The number of amides is 1. The van der Waals surface area contributed by atoms with Crippen molar-refractivity contribution in [3.8, 4) is 0 Å². The Kier molecular flexibility index (Phi) is 7.63. The maximum atomic E-state index is 12.2. The van der Waals surface area contributed by atoms with Crippen LogP contribution in [-0.2, 0) is 26.1 Å². The van der Waals surface area contributed by atoms with Crippen molar-refractivity contribution >= 4 is 16.1 Å². The van der Waals surface area contributed by atoms with Gasteiger partial charge < -0.3 is 9.47 Å². The quantitative estimate of drug-likeness (QED) is 0.544. The molecule has 6 nitrogen and oxygen atoms in total. The number of hydrogen-bond donors (Lipinski definition) is 0. The lowest BCUT2D eigenvalue weighted by Gasteiger charge is -2.28. The lowest BCUT2D eigenvalue weighted by atomic mass is 10.2. The largest absolute Gasteiger partial charge is 0.443 e. The van der Waals surface area contributed by atoms with E-state index in [2.05, 4.69) is 0 Å². The van der Waals surface area contributed by atoms with Crippen LogP contribution in [0.4, 0.5) is 4.79 Å². The van der Waals surface area contributed by atoms with E-state index >= 15 is 0 Å². The van der Waals surface area contributed by atoms with Crippen LogP contribution in [0.2, 0.25) is 0 Å². The molecule has 0 unspecified atom stereocenters. The Bertz CT molecular complexity index is 677. The van der Waals surface area contributed by atoms with Gasteiger partial charge in [0.05, 0.1) is 25.5 Å². The summed E-state index contributed by atoms with van der Waals surface area (Å²) in [6.45, 7) is 7.43. The molecule has 7 heteroatoms. The summed E-state index contributed by atoms with van der Waals surface area (Å²) in [5.74, 6) is 0. The summed E-state index contributed by atoms with van der Waals surface area (Å²) in [6.07, 6.45) is 3.39. The van der Waals surface area contributed by atoms with E-state index in [1.54, 1.807) is 39.8 Å². The molecule has 0 saturated carbocycles. The molecule has 0 saturated heterocycles. The van der Waals surface area contributed by atoms with E-state index in [0.29, 0.717) is 13.2 Å². The zero-order valence-corrected chi connectivity index (χ0v) is 16.2. The molecule has 1 aromatic rings. The van der Waals surface area contributed by atoms with Gasteiger partial charge in [-0.2, -0.15) is 4.31 Å². The Morgan fingerprint density at radius 3 is 2.36 bits per heavy atom. The third kappa shape index (κ3) is 8.18. The van der Waals surface area contributed by atoms with Gasteiger partial charge in [-0.3, -0.25) is 0 Å². The van der Waals surface area contributed by atoms with Gasteiger partial charge in [0.2, 0.25) is 10.0 Å². The Morgan fingerprint density at radius 1 is 1.24 bits per heavy atom. The van der Waals surface area contributed by atoms with Crippen molar-refractivity contribution in [2.75, 3.05) is 12.9 Å². The van der Waals surface area contributed by atoms with E-state index in [1.807, 2.05) is 30.3 Å². The summed E-state index contributed by atoms with van der Waals surface area (Å²) in [6, 6.07) is 9.04. The highest BCUT2D eigenvalue weighted by molar-refractivity contribution is 7.88. The van der Waals surface area contributed by atoms with E-state index in [1.165, 1.54) is 0 Å². The van der Waals surface area contributed by atoms with Crippen molar-refractivity contribution in [1.82, 2.24) is 4.31 Å². The van der Waals surface area contributed by atoms with Gasteiger partial charge >= 0.3 is 6.09 Å². The second-order valence-electron chi connectivity index (χ2n) is 6.71. The first kappa shape index (κ1) is 21.2. The molecule has 0 fully saturated rings. The number of carbonyl (C=O) groups is 1. The first-order chi connectivity index (χ1) is 11.5. The van der Waals surface area contributed by atoms with E-state index in [4.69, 9.17) is 9.47 Å². The molecule has 0 spiro atoms. The number of carbonyl (C=O) groups excluding carboxylic acids is 1. The van der Waals surface area contributed by atoms with Crippen LogP contribution in [-0.4, -0.2) is 43.3 Å². The molecular weight excluding hydrogens is 342 g/mol. The van der Waals surface area contributed by atoms with Gasteiger partial charge in [0, 0.05) is 0 Å². The zero-order valence-electron chi connectivity index (χ0n) is 15.4. The van der Waals surface area contributed by atoms with Crippen LogP contribution in [0.25, 0.3) is 0 Å². The van der Waals surface area contributed by atoms with Crippen molar-refractivity contribution < 1.29 is 22.7 Å². The molecule has 0 aliphatic heterocycles. The summed E-state index contributed by atoms with van der Waals surface area (Å²) in [5, 5.41) is 0. The number of benzene rings is 1. The molecule has 1 aromatic carbocycles. The van der Waals surface area contributed by atoms with Crippen LogP contribution in [0.1, 0.15) is 33.3 Å². The minimum absolute atomic E-state index is 0.311. The molecule has 0 N–H and O–H groups in total. The minimum Gasteiger partial charge on any atom is -0.443 e. The number of nitrogens with zero attached hydrogens (tertiary/aromatic N) is 1. The van der Waals surface area contributed by atoms with Gasteiger partial charge in [0.1, 0.15) is 5.60 Å². The molecule has 140 valence electrons. The third-order valence-corrected chi connectivity index (χ3v) is 4.24. The van der Waals surface area contributed by atoms with Crippen LogP contribution in [0.15, 0.2) is 42.5 Å². The van der Waals surface area contributed by atoms with Crippen LogP contribution in [0, 0.1) is 0 Å². The smallest absolute Gasteiger partial charge is 0.424 e. The molecule has 1 rings (SSSR count). The summed E-state index contributed by atoms with van der Waals surface area (Å²) in [4.78, 5) is 12.2. The molecule has 1 amide bonds. The van der Waals surface area contributed by atoms with Gasteiger partial charge in [-0.1, -0.05) is 42.5 Å². The van der Waals surface area contributed by atoms with Crippen LogP contribution in [0.3, 0.4) is 0 Å². The maximum Gasteiger partial charge on any atom is 0.424 e. The monoisotopic (exact) mass is 369 g/mol. The van der Waals surface area contributed by atoms with Gasteiger partial charge in [0.25, 0.3) is 0 Å². The zero-order chi connectivity index (χ0) is 19.1. The van der Waals surface area contributed by atoms with E-state index in [-0.39, 0.29) is 0 Å². The minimum atomic E-state index is -3.75. The molecule has 0 aliphatic rings.